The summed E-state index contributed by atoms with van der Waals surface area (Å²) in [6.45, 7) is 5.71. The average molecular weight is 300 g/mol. The molecule has 0 amide bonds. The summed E-state index contributed by atoms with van der Waals surface area (Å²) >= 11 is 12.3. The minimum absolute atomic E-state index is 0.669. The molecule has 3 heteroatoms. The van der Waals surface area contributed by atoms with Gasteiger partial charge in [-0.3, -0.25) is 0 Å². The van der Waals surface area contributed by atoms with Gasteiger partial charge in [0.2, 0.25) is 0 Å². The van der Waals surface area contributed by atoms with Crippen molar-refractivity contribution in [2.45, 2.75) is 45.6 Å². The molecule has 1 aromatic carbocycles. The van der Waals surface area contributed by atoms with Crippen molar-refractivity contribution in [3.63, 3.8) is 0 Å². The lowest BCUT2D eigenvalue weighted by molar-refractivity contribution is 0.351. The molecule has 0 spiro atoms. The normalized spacial score (nSPS) is 26.8. The molecule has 1 N–H and O–H groups in total. The van der Waals surface area contributed by atoms with Gasteiger partial charge >= 0.3 is 0 Å². The largest absolute Gasteiger partial charge is 0.314 e. The molecule has 1 saturated carbocycles. The molecule has 3 unspecified atom stereocenters. The smallest absolute Gasteiger partial charge is 0.0439 e. The Labute approximate surface area is 126 Å². The van der Waals surface area contributed by atoms with Gasteiger partial charge in [-0.2, -0.15) is 0 Å². The van der Waals surface area contributed by atoms with E-state index in [-0.39, 0.29) is 0 Å². The fourth-order valence-corrected chi connectivity index (χ4v) is 3.53. The number of hydrogen-bond donors (Lipinski definition) is 1. The van der Waals surface area contributed by atoms with Crippen LogP contribution in [0.25, 0.3) is 0 Å². The van der Waals surface area contributed by atoms with Gasteiger partial charge in [-0.25, -0.2) is 0 Å². The molecule has 19 heavy (non-hydrogen) atoms. The zero-order chi connectivity index (χ0) is 13.8. The molecule has 1 nitrogen and oxygen atoms in total. The van der Waals surface area contributed by atoms with Crippen molar-refractivity contribution in [2.24, 2.45) is 11.8 Å². The van der Waals surface area contributed by atoms with Gasteiger partial charge in [-0.1, -0.05) is 37.0 Å². The lowest BCUT2D eigenvalue weighted by atomic mass is 9.89. The molecular weight excluding hydrogens is 277 g/mol. The zero-order valence-corrected chi connectivity index (χ0v) is 13.3. The molecule has 1 fully saturated rings. The molecule has 1 aliphatic carbocycles. The number of benzene rings is 1. The minimum atomic E-state index is 0.669. The third kappa shape index (κ3) is 3.87. The molecule has 2 rings (SSSR count). The molecular formula is C16H23Cl2N. The Kier molecular flexibility index (Phi) is 5.56. The maximum atomic E-state index is 6.27. The van der Waals surface area contributed by atoms with Crippen LogP contribution in [-0.2, 0) is 6.42 Å². The maximum absolute atomic E-state index is 6.27. The van der Waals surface area contributed by atoms with Gasteiger partial charge in [0.05, 0.1) is 0 Å². The Bertz CT molecular complexity index is 419. The van der Waals surface area contributed by atoms with Crippen molar-refractivity contribution in [1.82, 2.24) is 5.32 Å². The number of halogens is 2. The molecule has 0 bridgehead atoms. The van der Waals surface area contributed by atoms with E-state index in [9.17, 15) is 0 Å². The molecule has 106 valence electrons. The highest BCUT2D eigenvalue weighted by atomic mass is 35.5. The molecule has 0 aliphatic heterocycles. The van der Waals surface area contributed by atoms with Gasteiger partial charge in [-0.05, 0) is 67.8 Å². The lowest BCUT2D eigenvalue weighted by Crippen LogP contribution is -2.33. The van der Waals surface area contributed by atoms with Crippen LogP contribution < -0.4 is 5.32 Å². The van der Waals surface area contributed by atoms with E-state index in [1.807, 2.05) is 18.2 Å². The highest BCUT2D eigenvalue weighted by Crippen LogP contribution is 2.36. The Morgan fingerprint density at radius 1 is 1.26 bits per heavy atom. The van der Waals surface area contributed by atoms with E-state index in [2.05, 4.69) is 19.2 Å². The van der Waals surface area contributed by atoms with Crippen LogP contribution in [0.5, 0.6) is 0 Å². The summed E-state index contributed by atoms with van der Waals surface area (Å²) in [4.78, 5) is 0. The molecule has 1 aliphatic rings. The average Bonchev–Trinajstić information content (AvgIpc) is 2.73. The molecule has 0 heterocycles. The Morgan fingerprint density at radius 2 is 2.05 bits per heavy atom. The Morgan fingerprint density at radius 3 is 2.79 bits per heavy atom. The van der Waals surface area contributed by atoms with E-state index in [4.69, 9.17) is 23.2 Å². The topological polar surface area (TPSA) is 12.0 Å². The lowest BCUT2D eigenvalue weighted by Gasteiger charge is -2.22. The van der Waals surface area contributed by atoms with Crippen LogP contribution in [-0.4, -0.2) is 12.6 Å². The van der Waals surface area contributed by atoms with Crippen molar-refractivity contribution in [3.8, 4) is 0 Å². The standard InChI is InChI=1S/C16H23Cl2N/c1-3-8-19-16-7-4-12(11(16)2)9-13-10-14(17)5-6-15(13)18/h5-6,10-12,16,19H,3-4,7-9H2,1-2H3. The summed E-state index contributed by atoms with van der Waals surface area (Å²) in [7, 11) is 0. The van der Waals surface area contributed by atoms with Gasteiger partial charge in [-0.15, -0.1) is 0 Å². The minimum Gasteiger partial charge on any atom is -0.314 e. The first-order valence-electron chi connectivity index (χ1n) is 7.29. The van der Waals surface area contributed by atoms with E-state index in [1.54, 1.807) is 0 Å². The first-order valence-corrected chi connectivity index (χ1v) is 8.04. The number of hydrogen-bond acceptors (Lipinski definition) is 1. The second-order valence-corrected chi connectivity index (χ2v) is 6.54. The molecule has 0 saturated heterocycles. The summed E-state index contributed by atoms with van der Waals surface area (Å²) in [5.74, 6) is 1.42. The number of nitrogens with one attached hydrogen (secondary N) is 1. The van der Waals surface area contributed by atoms with Crippen LogP contribution in [0, 0.1) is 11.8 Å². The SMILES string of the molecule is CCCNC1CCC(Cc2cc(Cl)ccc2Cl)C1C. The van der Waals surface area contributed by atoms with Crippen LogP contribution in [0.4, 0.5) is 0 Å². The van der Waals surface area contributed by atoms with Crippen LogP contribution in [0.2, 0.25) is 10.0 Å². The highest BCUT2D eigenvalue weighted by Gasteiger charge is 2.32. The Hall–Kier alpha value is -0.240. The van der Waals surface area contributed by atoms with E-state index < -0.39 is 0 Å². The summed E-state index contributed by atoms with van der Waals surface area (Å²) in [5, 5.41) is 5.30. The van der Waals surface area contributed by atoms with E-state index in [0.29, 0.717) is 17.9 Å². The van der Waals surface area contributed by atoms with Crippen LogP contribution in [0.1, 0.15) is 38.7 Å². The Balaban J connectivity index is 1.98. The summed E-state index contributed by atoms with van der Waals surface area (Å²) in [6.07, 6.45) is 4.81. The van der Waals surface area contributed by atoms with Crippen LogP contribution in [0.3, 0.4) is 0 Å². The van der Waals surface area contributed by atoms with Crippen molar-refractivity contribution in [1.29, 1.82) is 0 Å². The first kappa shape index (κ1) is 15.2. The number of rotatable bonds is 5. The highest BCUT2D eigenvalue weighted by molar-refractivity contribution is 6.33. The second kappa shape index (κ2) is 6.97. The third-order valence-electron chi connectivity index (χ3n) is 4.37. The van der Waals surface area contributed by atoms with Crippen LogP contribution in [0.15, 0.2) is 18.2 Å². The van der Waals surface area contributed by atoms with E-state index in [1.165, 1.54) is 24.8 Å². The fraction of sp³-hybridized carbons (Fsp3) is 0.625. The van der Waals surface area contributed by atoms with Crippen LogP contribution >= 0.6 is 23.2 Å². The summed E-state index contributed by atoms with van der Waals surface area (Å²) in [6, 6.07) is 6.45. The van der Waals surface area contributed by atoms with Gasteiger partial charge in [0.25, 0.3) is 0 Å². The van der Waals surface area contributed by atoms with Crippen molar-refractivity contribution in [3.05, 3.63) is 33.8 Å². The predicted octanol–water partition coefficient (Wildman–Crippen LogP) is 4.95. The van der Waals surface area contributed by atoms with E-state index >= 15 is 0 Å². The summed E-state index contributed by atoms with van der Waals surface area (Å²) in [5.41, 5.74) is 1.20. The monoisotopic (exact) mass is 299 g/mol. The van der Waals surface area contributed by atoms with E-state index in [0.717, 1.165) is 23.0 Å². The first-order chi connectivity index (χ1) is 9.11. The van der Waals surface area contributed by atoms with Crippen molar-refractivity contribution < 1.29 is 0 Å². The molecule has 0 radical (unpaired) electrons. The molecule has 0 aromatic heterocycles. The third-order valence-corrected chi connectivity index (χ3v) is 4.98. The van der Waals surface area contributed by atoms with Gasteiger partial charge < -0.3 is 5.32 Å². The fourth-order valence-electron chi connectivity index (χ4n) is 3.14. The molecule has 1 aromatic rings. The predicted molar refractivity (Wildman–Crippen MR) is 84.1 cm³/mol. The van der Waals surface area contributed by atoms with Crippen molar-refractivity contribution >= 4 is 23.2 Å². The summed E-state index contributed by atoms with van der Waals surface area (Å²) < 4.78 is 0. The zero-order valence-electron chi connectivity index (χ0n) is 11.8. The quantitative estimate of drug-likeness (QED) is 0.811. The van der Waals surface area contributed by atoms with Crippen molar-refractivity contribution in [2.75, 3.05) is 6.54 Å². The second-order valence-electron chi connectivity index (χ2n) is 5.70. The van der Waals surface area contributed by atoms with Gasteiger partial charge in [0.1, 0.15) is 0 Å². The van der Waals surface area contributed by atoms with Gasteiger partial charge in [0.15, 0.2) is 0 Å². The van der Waals surface area contributed by atoms with Gasteiger partial charge in [0, 0.05) is 16.1 Å². The molecule has 3 atom stereocenters. The maximum Gasteiger partial charge on any atom is 0.0439 e.